The molecule has 2 aromatic rings. The van der Waals surface area contributed by atoms with E-state index in [9.17, 15) is 13.2 Å². The zero-order valence-electron chi connectivity index (χ0n) is 14.6. The molecule has 1 amide bonds. The molecule has 1 heterocycles. The van der Waals surface area contributed by atoms with Gasteiger partial charge >= 0.3 is 0 Å². The summed E-state index contributed by atoms with van der Waals surface area (Å²) in [6, 6.07) is 4.53. The summed E-state index contributed by atoms with van der Waals surface area (Å²) < 4.78 is 32.8. The largest absolute Gasteiger partial charge is 0.483 e. The maximum absolute atomic E-state index is 12.4. The number of nitrogens with one attached hydrogen (secondary N) is 1. The summed E-state index contributed by atoms with van der Waals surface area (Å²) in [5.41, 5.74) is 1.32. The standard InChI is InChI=1S/C16H21N3O4S2/c1-11-7-14(5-6-15(11)23-9-16(20)19(3)4)25(21,22)17-8-13-10-24-12(2)18-13/h5-7,10,17H,8-9H2,1-4H3. The number of rotatable bonds is 7. The highest BCUT2D eigenvalue weighted by molar-refractivity contribution is 7.89. The number of aryl methyl sites for hydroxylation is 2. The van der Waals surface area contributed by atoms with Crippen molar-refractivity contribution in [3.8, 4) is 5.75 Å². The lowest BCUT2D eigenvalue weighted by molar-refractivity contribution is -0.130. The predicted molar refractivity (Wildman–Crippen MR) is 96.2 cm³/mol. The number of carbonyl (C=O) groups is 1. The maximum atomic E-state index is 12.4. The lowest BCUT2D eigenvalue weighted by atomic mass is 10.2. The van der Waals surface area contributed by atoms with Crippen LogP contribution in [0.2, 0.25) is 0 Å². The lowest BCUT2D eigenvalue weighted by Gasteiger charge is -2.13. The lowest BCUT2D eigenvalue weighted by Crippen LogP contribution is -2.27. The topological polar surface area (TPSA) is 88.6 Å². The molecule has 0 saturated carbocycles. The van der Waals surface area contributed by atoms with Gasteiger partial charge in [-0.25, -0.2) is 18.1 Å². The van der Waals surface area contributed by atoms with E-state index < -0.39 is 10.0 Å². The number of hydrogen-bond donors (Lipinski definition) is 1. The second kappa shape index (κ2) is 7.94. The fourth-order valence-corrected chi connectivity index (χ4v) is 3.66. The Labute approximate surface area is 151 Å². The third kappa shape index (κ3) is 5.25. The monoisotopic (exact) mass is 383 g/mol. The molecule has 0 aliphatic carbocycles. The van der Waals surface area contributed by atoms with Crippen molar-refractivity contribution in [1.29, 1.82) is 0 Å². The Morgan fingerprint density at radius 2 is 2.04 bits per heavy atom. The van der Waals surface area contributed by atoms with E-state index in [1.807, 2.05) is 12.3 Å². The van der Waals surface area contributed by atoms with Crippen molar-refractivity contribution in [2.45, 2.75) is 25.3 Å². The fourth-order valence-electron chi connectivity index (χ4n) is 1.96. The number of ether oxygens (including phenoxy) is 1. The average molecular weight is 383 g/mol. The molecule has 0 aliphatic heterocycles. The number of nitrogens with zero attached hydrogens (tertiary/aromatic N) is 2. The average Bonchev–Trinajstić information content (AvgIpc) is 2.97. The quantitative estimate of drug-likeness (QED) is 0.786. The van der Waals surface area contributed by atoms with Gasteiger partial charge in [-0.15, -0.1) is 11.3 Å². The Kier molecular flexibility index (Phi) is 6.15. The number of amides is 1. The molecule has 1 aromatic carbocycles. The maximum Gasteiger partial charge on any atom is 0.259 e. The van der Waals surface area contributed by atoms with Crippen LogP contribution in [0.3, 0.4) is 0 Å². The number of benzene rings is 1. The van der Waals surface area contributed by atoms with Gasteiger partial charge in [0, 0.05) is 19.5 Å². The highest BCUT2D eigenvalue weighted by Crippen LogP contribution is 2.22. The van der Waals surface area contributed by atoms with Crippen LogP contribution in [0.15, 0.2) is 28.5 Å². The Balaban J connectivity index is 2.06. The third-order valence-electron chi connectivity index (χ3n) is 3.42. The van der Waals surface area contributed by atoms with Crippen LogP contribution in [0.1, 0.15) is 16.3 Å². The number of likely N-dealkylation sites (N-methyl/N-ethyl adjacent to an activating group) is 1. The summed E-state index contributed by atoms with van der Waals surface area (Å²) in [4.78, 5) is 17.4. The second-order valence-corrected chi connectivity index (χ2v) is 8.52. The molecule has 1 N–H and O–H groups in total. The van der Waals surface area contributed by atoms with Gasteiger partial charge in [0.1, 0.15) is 5.75 Å². The second-order valence-electron chi connectivity index (χ2n) is 5.69. The van der Waals surface area contributed by atoms with Gasteiger partial charge in [0.15, 0.2) is 6.61 Å². The van der Waals surface area contributed by atoms with Crippen molar-refractivity contribution >= 4 is 27.3 Å². The van der Waals surface area contributed by atoms with Crippen LogP contribution in [-0.4, -0.2) is 44.9 Å². The zero-order chi connectivity index (χ0) is 18.6. The van der Waals surface area contributed by atoms with Gasteiger partial charge in [-0.1, -0.05) is 0 Å². The molecule has 0 saturated heterocycles. The molecule has 1 aromatic heterocycles. The van der Waals surface area contributed by atoms with E-state index in [1.54, 1.807) is 27.1 Å². The highest BCUT2D eigenvalue weighted by Gasteiger charge is 2.16. The Morgan fingerprint density at radius 1 is 1.32 bits per heavy atom. The Bertz CT molecular complexity index is 860. The van der Waals surface area contributed by atoms with Gasteiger partial charge < -0.3 is 9.64 Å². The molecule has 0 unspecified atom stereocenters. The minimum absolute atomic E-state index is 0.0959. The number of hydrogen-bond acceptors (Lipinski definition) is 6. The first-order chi connectivity index (χ1) is 11.7. The van der Waals surface area contributed by atoms with E-state index in [0.29, 0.717) is 17.0 Å². The number of thiazole rings is 1. The third-order valence-corrected chi connectivity index (χ3v) is 5.64. The molecule has 9 heteroatoms. The number of carbonyl (C=O) groups excluding carboxylic acids is 1. The number of sulfonamides is 1. The van der Waals surface area contributed by atoms with Gasteiger partial charge in [0.05, 0.1) is 22.1 Å². The van der Waals surface area contributed by atoms with Crippen LogP contribution in [0.25, 0.3) is 0 Å². The van der Waals surface area contributed by atoms with E-state index >= 15 is 0 Å². The molecule has 0 bridgehead atoms. The summed E-state index contributed by atoms with van der Waals surface area (Å²) in [7, 11) is -0.364. The van der Waals surface area contributed by atoms with Gasteiger partial charge in [-0.05, 0) is 37.6 Å². The molecule has 0 fully saturated rings. The fraction of sp³-hybridized carbons (Fsp3) is 0.375. The zero-order valence-corrected chi connectivity index (χ0v) is 16.2. The van der Waals surface area contributed by atoms with Crippen LogP contribution in [0.5, 0.6) is 5.75 Å². The van der Waals surface area contributed by atoms with Crippen LogP contribution >= 0.6 is 11.3 Å². The van der Waals surface area contributed by atoms with E-state index in [1.165, 1.54) is 28.4 Å². The molecule has 0 aliphatic rings. The van der Waals surface area contributed by atoms with Crippen molar-refractivity contribution in [2.75, 3.05) is 20.7 Å². The first kappa shape index (κ1) is 19.4. The molecule has 0 radical (unpaired) electrons. The minimum atomic E-state index is -3.65. The molecular weight excluding hydrogens is 362 g/mol. The van der Waals surface area contributed by atoms with Gasteiger partial charge in [-0.2, -0.15) is 0 Å². The molecule has 0 spiro atoms. The normalized spacial score (nSPS) is 11.4. The van der Waals surface area contributed by atoms with E-state index in [0.717, 1.165) is 5.01 Å². The Hall–Kier alpha value is -1.97. The summed E-state index contributed by atoms with van der Waals surface area (Å²) in [5.74, 6) is 0.306. The van der Waals surface area contributed by atoms with Gasteiger partial charge in [-0.3, -0.25) is 4.79 Å². The van der Waals surface area contributed by atoms with Crippen LogP contribution in [-0.2, 0) is 21.4 Å². The first-order valence-corrected chi connectivity index (χ1v) is 9.89. The molecule has 0 atom stereocenters. The predicted octanol–water partition coefficient (Wildman–Crippen LogP) is 1.71. The summed E-state index contributed by atoms with van der Waals surface area (Å²) in [5, 5.41) is 2.71. The van der Waals surface area contributed by atoms with Crippen molar-refractivity contribution in [3.63, 3.8) is 0 Å². The van der Waals surface area contributed by atoms with Crippen LogP contribution in [0, 0.1) is 13.8 Å². The molecule has 7 nitrogen and oxygen atoms in total. The molecule has 2 rings (SSSR count). The van der Waals surface area contributed by atoms with Crippen LogP contribution in [0.4, 0.5) is 0 Å². The summed E-state index contributed by atoms with van der Waals surface area (Å²) >= 11 is 1.47. The van der Waals surface area contributed by atoms with E-state index in [-0.39, 0.29) is 24.0 Å². The number of aromatic nitrogens is 1. The smallest absolute Gasteiger partial charge is 0.259 e. The summed E-state index contributed by atoms with van der Waals surface area (Å²) in [6.45, 7) is 3.65. The van der Waals surface area contributed by atoms with Crippen LogP contribution < -0.4 is 9.46 Å². The van der Waals surface area contributed by atoms with Crippen molar-refractivity contribution in [3.05, 3.63) is 39.8 Å². The molecule has 136 valence electrons. The van der Waals surface area contributed by atoms with Crippen molar-refractivity contribution in [1.82, 2.24) is 14.6 Å². The van der Waals surface area contributed by atoms with E-state index in [4.69, 9.17) is 4.74 Å². The molecule has 25 heavy (non-hydrogen) atoms. The SMILES string of the molecule is Cc1nc(CNS(=O)(=O)c2ccc(OCC(=O)N(C)C)c(C)c2)cs1. The summed E-state index contributed by atoms with van der Waals surface area (Å²) in [6.07, 6.45) is 0. The first-order valence-electron chi connectivity index (χ1n) is 7.53. The van der Waals surface area contributed by atoms with Gasteiger partial charge in [0.2, 0.25) is 10.0 Å². The van der Waals surface area contributed by atoms with Gasteiger partial charge in [0.25, 0.3) is 5.91 Å². The highest BCUT2D eigenvalue weighted by atomic mass is 32.2. The van der Waals surface area contributed by atoms with Crippen molar-refractivity contribution in [2.24, 2.45) is 0 Å². The van der Waals surface area contributed by atoms with E-state index in [2.05, 4.69) is 9.71 Å². The molecular formula is C16H21N3O4S2. The Morgan fingerprint density at radius 3 is 2.60 bits per heavy atom. The minimum Gasteiger partial charge on any atom is -0.483 e. The van der Waals surface area contributed by atoms with Crippen molar-refractivity contribution < 1.29 is 17.9 Å².